The van der Waals surface area contributed by atoms with Crippen molar-refractivity contribution in [3.05, 3.63) is 72.9 Å². The first-order valence-electron chi connectivity index (χ1n) is 24.4. The van der Waals surface area contributed by atoms with Gasteiger partial charge < -0.3 is 20.1 Å². The van der Waals surface area contributed by atoms with Gasteiger partial charge in [-0.2, -0.15) is 0 Å². The Morgan fingerprint density at radius 1 is 0.508 bits per heavy atom. The lowest BCUT2D eigenvalue weighted by Crippen LogP contribution is -2.29. The molecule has 0 aromatic rings. The van der Waals surface area contributed by atoms with Crippen LogP contribution in [0, 0.1) is 0 Å². The molecule has 3 N–H and O–H groups in total. The Morgan fingerprint density at radius 2 is 0.902 bits per heavy atom. The lowest BCUT2D eigenvalue weighted by Gasteiger charge is -2.19. The van der Waals surface area contributed by atoms with Crippen molar-refractivity contribution in [3.63, 3.8) is 0 Å². The summed E-state index contributed by atoms with van der Waals surface area (Å²) in [6.45, 7) is 3.58. The van der Waals surface area contributed by atoms with E-state index in [4.69, 9.17) is 24.3 Å². The summed E-state index contributed by atoms with van der Waals surface area (Å²) in [4.78, 5) is 35.0. The number of ether oxygens (including phenoxy) is 2. The first kappa shape index (κ1) is 58.5. The van der Waals surface area contributed by atoms with E-state index in [2.05, 4.69) is 86.8 Å². The number of phosphoric ester groups is 1. The maximum absolute atomic E-state index is 12.6. The predicted molar refractivity (Wildman–Crippen MR) is 256 cm³/mol. The molecule has 0 rings (SSSR count). The van der Waals surface area contributed by atoms with Crippen LogP contribution < -0.4 is 5.73 Å². The zero-order chi connectivity index (χ0) is 44.6. The van der Waals surface area contributed by atoms with Gasteiger partial charge in [0.15, 0.2) is 6.10 Å². The van der Waals surface area contributed by atoms with Gasteiger partial charge in [-0.25, -0.2) is 4.57 Å². The minimum atomic E-state index is -4.39. The summed E-state index contributed by atoms with van der Waals surface area (Å²) in [6.07, 6.45) is 57.9. The highest BCUT2D eigenvalue weighted by molar-refractivity contribution is 7.47. The number of rotatable bonds is 45. The monoisotopic (exact) mass is 876 g/mol. The van der Waals surface area contributed by atoms with Gasteiger partial charge in [-0.3, -0.25) is 18.6 Å². The third-order valence-electron chi connectivity index (χ3n) is 10.1. The molecular formula is C51H90NO8P. The number of allylic oxidation sites excluding steroid dienone is 12. The smallest absolute Gasteiger partial charge is 0.462 e. The van der Waals surface area contributed by atoms with Crippen LogP contribution in [0.5, 0.6) is 0 Å². The van der Waals surface area contributed by atoms with E-state index < -0.39 is 32.5 Å². The van der Waals surface area contributed by atoms with Crippen molar-refractivity contribution >= 4 is 19.8 Å². The van der Waals surface area contributed by atoms with Crippen LogP contribution in [0.25, 0.3) is 0 Å². The highest BCUT2D eigenvalue weighted by Gasteiger charge is 2.26. The summed E-state index contributed by atoms with van der Waals surface area (Å²) in [5.74, 6) is -0.848. The quantitative estimate of drug-likeness (QED) is 0.0265. The second kappa shape index (κ2) is 46.9. The minimum absolute atomic E-state index is 0.0483. The van der Waals surface area contributed by atoms with Gasteiger partial charge in [0.2, 0.25) is 0 Å². The molecule has 0 heterocycles. The molecule has 9 nitrogen and oxygen atoms in total. The number of nitrogens with two attached hydrogens (primary N) is 1. The minimum Gasteiger partial charge on any atom is -0.462 e. The van der Waals surface area contributed by atoms with E-state index in [1.807, 2.05) is 0 Å². The van der Waals surface area contributed by atoms with E-state index >= 15 is 0 Å². The molecule has 61 heavy (non-hydrogen) atoms. The molecule has 2 unspecified atom stereocenters. The first-order valence-corrected chi connectivity index (χ1v) is 25.9. The molecule has 0 spiro atoms. The van der Waals surface area contributed by atoms with Gasteiger partial charge in [0.25, 0.3) is 0 Å². The molecule has 10 heteroatoms. The SMILES string of the molecule is CC/C=C\C/C=C\C/C=C\C/C=C\CCCCCCCCCCCCCCC(=O)OC(COC(=O)CCCCCCC/C=C\C/C=C\CCCCC)COP(=O)(O)OCCN. The molecule has 0 saturated heterocycles. The summed E-state index contributed by atoms with van der Waals surface area (Å²) in [5, 5.41) is 0. The zero-order valence-electron chi connectivity index (χ0n) is 38.9. The second-order valence-corrected chi connectivity index (χ2v) is 17.4. The molecular weight excluding hydrogens is 786 g/mol. The predicted octanol–water partition coefficient (Wildman–Crippen LogP) is 14.6. The second-order valence-electron chi connectivity index (χ2n) is 15.9. The molecule has 2 atom stereocenters. The van der Waals surface area contributed by atoms with Crippen molar-refractivity contribution in [1.29, 1.82) is 0 Å². The van der Waals surface area contributed by atoms with Crippen LogP contribution in [-0.2, 0) is 32.7 Å². The van der Waals surface area contributed by atoms with E-state index in [1.165, 1.54) is 83.5 Å². The van der Waals surface area contributed by atoms with Gasteiger partial charge in [-0.15, -0.1) is 0 Å². The van der Waals surface area contributed by atoms with Gasteiger partial charge in [-0.05, 0) is 83.5 Å². The number of hydrogen-bond donors (Lipinski definition) is 2. The van der Waals surface area contributed by atoms with E-state index in [0.717, 1.165) is 83.5 Å². The Hall–Kier alpha value is -2.55. The molecule has 0 aliphatic rings. The van der Waals surface area contributed by atoms with Crippen molar-refractivity contribution in [2.45, 2.75) is 213 Å². The Kier molecular flexibility index (Phi) is 45.0. The van der Waals surface area contributed by atoms with E-state index in [-0.39, 0.29) is 32.6 Å². The van der Waals surface area contributed by atoms with Crippen LogP contribution in [0.3, 0.4) is 0 Å². The largest absolute Gasteiger partial charge is 0.472 e. The molecule has 0 fully saturated rings. The average Bonchev–Trinajstić information content (AvgIpc) is 3.25. The van der Waals surface area contributed by atoms with Crippen molar-refractivity contribution in [2.24, 2.45) is 5.73 Å². The summed E-state index contributed by atoms with van der Waals surface area (Å²) < 4.78 is 32.9. The maximum Gasteiger partial charge on any atom is 0.472 e. The van der Waals surface area contributed by atoms with Gasteiger partial charge >= 0.3 is 19.8 Å². The molecule has 0 saturated carbocycles. The Bertz CT molecular complexity index is 1230. The Morgan fingerprint density at radius 3 is 1.34 bits per heavy atom. The van der Waals surface area contributed by atoms with Crippen LogP contribution in [0.2, 0.25) is 0 Å². The molecule has 0 aromatic heterocycles. The van der Waals surface area contributed by atoms with Gasteiger partial charge in [0.1, 0.15) is 6.61 Å². The number of phosphoric acid groups is 1. The van der Waals surface area contributed by atoms with E-state index in [0.29, 0.717) is 12.8 Å². The third-order valence-corrected chi connectivity index (χ3v) is 11.1. The number of esters is 2. The number of carbonyl (C=O) groups excluding carboxylic acids is 2. The third kappa shape index (κ3) is 46.8. The lowest BCUT2D eigenvalue weighted by molar-refractivity contribution is -0.161. The molecule has 0 amide bonds. The Labute approximate surface area is 373 Å². The molecule has 0 aliphatic carbocycles. The van der Waals surface area contributed by atoms with Crippen LogP contribution in [0.15, 0.2) is 72.9 Å². The van der Waals surface area contributed by atoms with Crippen LogP contribution in [0.4, 0.5) is 0 Å². The maximum atomic E-state index is 12.6. The topological polar surface area (TPSA) is 134 Å². The van der Waals surface area contributed by atoms with E-state index in [1.54, 1.807) is 0 Å². The molecule has 0 aliphatic heterocycles. The summed E-state index contributed by atoms with van der Waals surface area (Å²) in [7, 11) is -4.39. The first-order chi connectivity index (χ1) is 29.8. The van der Waals surface area contributed by atoms with Crippen LogP contribution in [-0.4, -0.2) is 49.3 Å². The van der Waals surface area contributed by atoms with Gasteiger partial charge in [0, 0.05) is 19.4 Å². The fourth-order valence-corrected chi connectivity index (χ4v) is 7.24. The normalized spacial score (nSPS) is 13.8. The standard InChI is InChI=1S/C51H90NO8P/c1-3-5-7-9-11-13-15-17-19-20-21-22-23-24-25-26-27-28-30-32-34-36-38-40-42-44-51(54)60-49(48-59-61(55,56)58-46-45-52)47-57-50(53)43-41-39-37-35-33-31-29-18-16-14-12-10-8-6-4-2/h5,7,11-14,17-19,21-22,29,49H,3-4,6,8-10,15-16,20,23-28,30-48,52H2,1-2H3,(H,55,56)/b7-5-,13-11-,14-12-,19-17-,22-21-,29-18-. The van der Waals surface area contributed by atoms with Crippen molar-refractivity contribution in [1.82, 2.24) is 0 Å². The van der Waals surface area contributed by atoms with Crippen LogP contribution >= 0.6 is 7.82 Å². The average molecular weight is 876 g/mol. The molecule has 0 radical (unpaired) electrons. The van der Waals surface area contributed by atoms with Gasteiger partial charge in [0.05, 0.1) is 13.2 Å². The number of unbranched alkanes of at least 4 members (excludes halogenated alkanes) is 20. The summed E-state index contributed by atoms with van der Waals surface area (Å²) in [6, 6.07) is 0. The fourth-order valence-electron chi connectivity index (χ4n) is 6.48. The number of carbonyl (C=O) groups is 2. The molecule has 0 bridgehead atoms. The van der Waals surface area contributed by atoms with Crippen molar-refractivity contribution in [2.75, 3.05) is 26.4 Å². The highest BCUT2D eigenvalue weighted by atomic mass is 31.2. The van der Waals surface area contributed by atoms with Crippen molar-refractivity contribution in [3.8, 4) is 0 Å². The van der Waals surface area contributed by atoms with Crippen LogP contribution in [0.1, 0.15) is 206 Å². The molecule has 0 aromatic carbocycles. The Balaban J connectivity index is 4.06. The number of hydrogen-bond acceptors (Lipinski definition) is 8. The zero-order valence-corrected chi connectivity index (χ0v) is 39.8. The van der Waals surface area contributed by atoms with E-state index in [9.17, 15) is 19.0 Å². The highest BCUT2D eigenvalue weighted by Crippen LogP contribution is 2.43. The summed E-state index contributed by atoms with van der Waals surface area (Å²) >= 11 is 0. The lowest BCUT2D eigenvalue weighted by atomic mass is 10.0. The van der Waals surface area contributed by atoms with Crippen molar-refractivity contribution < 1.29 is 37.6 Å². The van der Waals surface area contributed by atoms with Gasteiger partial charge in [-0.1, -0.05) is 183 Å². The molecule has 352 valence electrons. The summed E-state index contributed by atoms with van der Waals surface area (Å²) in [5.41, 5.74) is 5.36. The fraction of sp³-hybridized carbons (Fsp3) is 0.725.